The van der Waals surface area contributed by atoms with Crippen LogP contribution in [0.2, 0.25) is 0 Å². The summed E-state index contributed by atoms with van der Waals surface area (Å²) < 4.78 is 2.57. The van der Waals surface area contributed by atoms with Crippen molar-refractivity contribution in [1.82, 2.24) is 4.57 Å². The number of aromatic nitrogens is 1. The third-order valence-electron chi connectivity index (χ3n) is 4.73. The Bertz CT molecular complexity index is 1240. The highest BCUT2D eigenvalue weighted by Gasteiger charge is 2.33. The lowest BCUT2D eigenvalue weighted by molar-refractivity contribution is -0.384. The Kier molecular flexibility index (Phi) is 4.88. The van der Waals surface area contributed by atoms with E-state index in [1.54, 1.807) is 12.1 Å². The number of nitro benzene ring substituents is 1. The zero-order chi connectivity index (χ0) is 20.5. The maximum absolute atomic E-state index is 11.2. The van der Waals surface area contributed by atoms with Crippen LogP contribution < -0.4 is 11.1 Å². The molecule has 0 saturated carbocycles. The number of hydrogen-bond donors (Lipinski definition) is 2. The van der Waals surface area contributed by atoms with E-state index in [0.29, 0.717) is 21.6 Å². The largest absolute Gasteiger partial charge is 0.384 e. The zero-order valence-electron chi connectivity index (χ0n) is 15.0. The molecule has 2 heterocycles. The van der Waals surface area contributed by atoms with Gasteiger partial charge in [-0.15, -0.1) is 11.3 Å². The van der Waals surface area contributed by atoms with Crippen LogP contribution in [0.1, 0.15) is 21.9 Å². The Hall–Kier alpha value is -3.48. The quantitative estimate of drug-likeness (QED) is 0.365. The van der Waals surface area contributed by atoms with E-state index in [-0.39, 0.29) is 11.5 Å². The van der Waals surface area contributed by atoms with E-state index in [4.69, 9.17) is 18.0 Å². The summed E-state index contributed by atoms with van der Waals surface area (Å²) in [5.41, 5.74) is 8.16. The summed E-state index contributed by atoms with van der Waals surface area (Å²) in [5.74, 6) is 0.433. The molecule has 0 aliphatic carbocycles. The minimum absolute atomic E-state index is 0.0363. The molecule has 2 aromatic carbocycles. The monoisotopic (exact) mass is 421 g/mol. The molecule has 0 spiro atoms. The first-order chi connectivity index (χ1) is 14.0. The molecule has 1 aliphatic rings. The number of benzene rings is 2. The number of non-ortho nitro benzene ring substituents is 1. The van der Waals surface area contributed by atoms with Gasteiger partial charge in [-0.3, -0.25) is 10.1 Å². The number of nitrogens with two attached hydrogens (primary N) is 1. The molecular weight excluding hydrogens is 406 g/mol. The fourth-order valence-electron chi connectivity index (χ4n) is 3.40. The van der Waals surface area contributed by atoms with Crippen LogP contribution in [0, 0.1) is 25.4 Å². The summed E-state index contributed by atoms with van der Waals surface area (Å²) in [4.78, 5) is 11.6. The highest BCUT2D eigenvalue weighted by molar-refractivity contribution is 7.73. The first-order valence-corrected chi connectivity index (χ1v) is 9.90. The smallest absolute Gasteiger partial charge is 0.269 e. The van der Waals surface area contributed by atoms with Crippen molar-refractivity contribution >= 4 is 35.1 Å². The second-order valence-corrected chi connectivity index (χ2v) is 8.18. The number of allylic oxidation sites excluding steroid dienone is 1. The maximum atomic E-state index is 11.2. The lowest BCUT2D eigenvalue weighted by Crippen LogP contribution is -2.24. The van der Waals surface area contributed by atoms with Crippen LogP contribution in [-0.2, 0) is 6.54 Å². The first-order valence-electron chi connectivity index (χ1n) is 8.68. The van der Waals surface area contributed by atoms with Gasteiger partial charge in [-0.25, -0.2) is 0 Å². The van der Waals surface area contributed by atoms with E-state index in [1.165, 1.54) is 23.5 Å². The van der Waals surface area contributed by atoms with Gasteiger partial charge in [-0.05, 0) is 23.3 Å². The molecule has 1 unspecified atom stereocenters. The van der Waals surface area contributed by atoms with Gasteiger partial charge in [0.2, 0.25) is 0 Å². The van der Waals surface area contributed by atoms with Crippen molar-refractivity contribution in [3.63, 3.8) is 0 Å². The Labute approximate surface area is 175 Å². The molecule has 1 atom stereocenters. The number of hydrogen-bond acceptors (Lipinski definition) is 7. The molecule has 3 aromatic rings. The number of thiazole rings is 1. The van der Waals surface area contributed by atoms with E-state index >= 15 is 0 Å². The first kappa shape index (κ1) is 18.9. The van der Waals surface area contributed by atoms with Gasteiger partial charge in [-0.2, -0.15) is 5.26 Å². The lowest BCUT2D eigenvalue weighted by Gasteiger charge is -2.25. The summed E-state index contributed by atoms with van der Waals surface area (Å²) in [6.07, 6.45) is 0. The number of nitriles is 1. The van der Waals surface area contributed by atoms with Gasteiger partial charge >= 0.3 is 0 Å². The third-order valence-corrected chi connectivity index (χ3v) is 6.25. The fourth-order valence-corrected chi connectivity index (χ4v) is 4.91. The van der Waals surface area contributed by atoms with Gasteiger partial charge in [0.25, 0.3) is 5.69 Å². The average Bonchev–Trinajstić information content (AvgIpc) is 3.02. The van der Waals surface area contributed by atoms with Crippen molar-refractivity contribution in [3.05, 3.63) is 96.1 Å². The normalized spacial score (nSPS) is 15.3. The van der Waals surface area contributed by atoms with Gasteiger partial charge < -0.3 is 15.6 Å². The van der Waals surface area contributed by atoms with Crippen LogP contribution in [0.25, 0.3) is 0 Å². The average molecular weight is 422 g/mol. The van der Waals surface area contributed by atoms with Crippen molar-refractivity contribution in [1.29, 1.82) is 5.26 Å². The Balaban J connectivity index is 1.87. The standard InChI is InChI=1S/C20H15N5O2S2/c21-10-15-16(13-7-4-8-14(9-13)25(26)27)17-19(23-18(15)22)24(20(28)29-17)11-12-5-2-1-3-6-12/h1-9,16,23H,11,22H2. The second kappa shape index (κ2) is 7.50. The third kappa shape index (κ3) is 3.40. The summed E-state index contributed by atoms with van der Waals surface area (Å²) in [5, 5.41) is 24.1. The Morgan fingerprint density at radius 1 is 1.28 bits per heavy atom. The maximum Gasteiger partial charge on any atom is 0.269 e. The van der Waals surface area contributed by atoms with E-state index in [0.717, 1.165) is 16.3 Å². The number of nitrogens with one attached hydrogen (secondary N) is 1. The molecule has 0 fully saturated rings. The zero-order valence-corrected chi connectivity index (χ0v) is 16.7. The predicted octanol–water partition coefficient (Wildman–Crippen LogP) is 4.49. The Morgan fingerprint density at radius 2 is 2.03 bits per heavy atom. The molecule has 29 heavy (non-hydrogen) atoms. The molecular formula is C20H15N5O2S2. The van der Waals surface area contributed by atoms with Crippen molar-refractivity contribution in [3.8, 4) is 6.07 Å². The summed E-state index contributed by atoms with van der Waals surface area (Å²) >= 11 is 6.97. The number of fused-ring (bicyclic) bond motifs is 1. The van der Waals surface area contributed by atoms with E-state index in [1.807, 2.05) is 34.9 Å². The topological polar surface area (TPSA) is 110 Å². The van der Waals surface area contributed by atoms with Gasteiger partial charge in [-0.1, -0.05) is 42.5 Å². The van der Waals surface area contributed by atoms with Crippen LogP contribution in [0.3, 0.4) is 0 Å². The molecule has 3 N–H and O–H groups in total. The van der Waals surface area contributed by atoms with E-state index in [9.17, 15) is 15.4 Å². The van der Waals surface area contributed by atoms with Crippen LogP contribution in [0.4, 0.5) is 11.5 Å². The van der Waals surface area contributed by atoms with Gasteiger partial charge in [0.05, 0.1) is 33.9 Å². The minimum atomic E-state index is -0.514. The molecule has 9 heteroatoms. The highest BCUT2D eigenvalue weighted by Crippen LogP contribution is 2.44. The van der Waals surface area contributed by atoms with Gasteiger partial charge in [0, 0.05) is 12.1 Å². The molecule has 1 aliphatic heterocycles. The highest BCUT2D eigenvalue weighted by atomic mass is 32.1. The molecule has 0 bridgehead atoms. The van der Waals surface area contributed by atoms with Crippen LogP contribution in [0.15, 0.2) is 66.0 Å². The van der Waals surface area contributed by atoms with Gasteiger partial charge in [0.15, 0.2) is 3.95 Å². The summed E-state index contributed by atoms with van der Waals surface area (Å²) in [7, 11) is 0. The second-order valence-electron chi connectivity index (χ2n) is 6.50. The van der Waals surface area contributed by atoms with Crippen molar-refractivity contribution in [2.24, 2.45) is 5.73 Å². The molecule has 0 radical (unpaired) electrons. The summed E-state index contributed by atoms with van der Waals surface area (Å²) in [6.45, 7) is 0.551. The number of nitro groups is 1. The van der Waals surface area contributed by atoms with Crippen LogP contribution in [-0.4, -0.2) is 9.49 Å². The van der Waals surface area contributed by atoms with Crippen LogP contribution in [0.5, 0.6) is 0 Å². The number of rotatable bonds is 4. The molecule has 0 amide bonds. The molecule has 7 nitrogen and oxygen atoms in total. The summed E-state index contributed by atoms with van der Waals surface area (Å²) in [6, 6.07) is 18.3. The van der Waals surface area contributed by atoms with E-state index < -0.39 is 10.8 Å². The number of nitrogens with zero attached hydrogens (tertiary/aromatic N) is 3. The lowest BCUT2D eigenvalue weighted by atomic mass is 9.88. The van der Waals surface area contributed by atoms with Crippen molar-refractivity contribution in [2.45, 2.75) is 12.5 Å². The van der Waals surface area contributed by atoms with Crippen molar-refractivity contribution in [2.75, 3.05) is 5.32 Å². The van der Waals surface area contributed by atoms with Crippen molar-refractivity contribution < 1.29 is 4.92 Å². The minimum Gasteiger partial charge on any atom is -0.384 e. The van der Waals surface area contributed by atoms with E-state index in [2.05, 4.69) is 11.4 Å². The predicted molar refractivity (Wildman–Crippen MR) is 114 cm³/mol. The SMILES string of the molecule is N#CC1=C(N)Nc2c(sc(=S)n2Cc2ccccc2)C1c1cccc([N+](=O)[O-])c1. The molecule has 144 valence electrons. The van der Waals surface area contributed by atoms with Gasteiger partial charge in [0.1, 0.15) is 11.6 Å². The van der Waals surface area contributed by atoms with Crippen LogP contribution >= 0.6 is 23.6 Å². The number of anilines is 1. The molecule has 4 rings (SSSR count). The molecule has 1 aromatic heterocycles. The Morgan fingerprint density at radius 3 is 2.72 bits per heavy atom. The fraction of sp³-hybridized carbons (Fsp3) is 0.100. The molecule has 0 saturated heterocycles.